The number of benzene rings is 1. The summed E-state index contributed by atoms with van der Waals surface area (Å²) in [6, 6.07) is 6.27. The zero-order valence-electron chi connectivity index (χ0n) is 12.0. The topological polar surface area (TPSA) is 35.5 Å². The lowest BCUT2D eigenvalue weighted by molar-refractivity contribution is 0.292. The largest absolute Gasteiger partial charge is 0.508 e. The van der Waals surface area contributed by atoms with Crippen LogP contribution in [0.3, 0.4) is 0 Å². The van der Waals surface area contributed by atoms with E-state index in [9.17, 15) is 5.11 Å². The number of nitrogens with one attached hydrogen (secondary N) is 1. The minimum absolute atomic E-state index is 0.394. The summed E-state index contributed by atoms with van der Waals surface area (Å²) in [6.45, 7) is 4.65. The van der Waals surface area contributed by atoms with Crippen LogP contribution in [0.1, 0.15) is 30.0 Å². The Labute approximate surface area is 125 Å². The fourth-order valence-corrected chi connectivity index (χ4v) is 4.20. The molecule has 1 atom stereocenters. The molecule has 1 aliphatic heterocycles. The number of phenols is 1. The van der Waals surface area contributed by atoms with E-state index in [0.717, 1.165) is 19.5 Å². The van der Waals surface area contributed by atoms with Gasteiger partial charge in [-0.15, -0.1) is 0 Å². The molecule has 1 aromatic carbocycles. The lowest BCUT2D eigenvalue weighted by Gasteiger charge is -2.29. The van der Waals surface area contributed by atoms with Gasteiger partial charge in [-0.25, -0.2) is 0 Å². The van der Waals surface area contributed by atoms with E-state index in [1.807, 2.05) is 12.1 Å². The molecule has 0 saturated carbocycles. The number of hydrogen-bond donors (Lipinski definition) is 2. The average molecular weight is 292 g/mol. The van der Waals surface area contributed by atoms with Crippen molar-refractivity contribution in [1.29, 1.82) is 0 Å². The molecule has 1 saturated heterocycles. The molecule has 0 bridgehead atoms. The van der Waals surface area contributed by atoms with Gasteiger partial charge in [0, 0.05) is 43.7 Å². The predicted octanol–water partition coefficient (Wildman–Crippen LogP) is 2.41. The molecule has 20 heavy (non-hydrogen) atoms. The van der Waals surface area contributed by atoms with Gasteiger partial charge < -0.3 is 15.3 Å². The average Bonchev–Trinajstić information content (AvgIpc) is 2.49. The molecule has 1 unspecified atom stereocenters. The first-order valence-corrected chi connectivity index (χ1v) is 8.84. The molecule has 0 spiro atoms. The molecule has 110 valence electrons. The maximum atomic E-state index is 9.70. The summed E-state index contributed by atoms with van der Waals surface area (Å²) in [5.41, 5.74) is 2.71. The van der Waals surface area contributed by atoms with Crippen LogP contribution in [0.5, 0.6) is 5.75 Å². The van der Waals surface area contributed by atoms with Gasteiger partial charge in [0.15, 0.2) is 0 Å². The fraction of sp³-hybridized carbons (Fsp3) is 0.625. The number of phenolic OH excluding ortho intramolecular Hbond substituents is 1. The van der Waals surface area contributed by atoms with E-state index < -0.39 is 0 Å². The summed E-state index contributed by atoms with van der Waals surface area (Å²) in [5, 5.41) is 13.4. The van der Waals surface area contributed by atoms with E-state index >= 15 is 0 Å². The zero-order chi connectivity index (χ0) is 13.8. The Morgan fingerprint density at radius 1 is 1.30 bits per heavy atom. The molecule has 1 fully saturated rings. The van der Waals surface area contributed by atoms with Crippen LogP contribution < -0.4 is 5.32 Å². The van der Waals surface area contributed by atoms with Gasteiger partial charge in [0.05, 0.1) is 0 Å². The normalized spacial score (nSPS) is 23.5. The summed E-state index contributed by atoms with van der Waals surface area (Å²) in [5.74, 6) is 2.95. The minimum atomic E-state index is 0.394. The van der Waals surface area contributed by atoms with Crippen molar-refractivity contribution >= 4 is 11.8 Å². The van der Waals surface area contributed by atoms with Gasteiger partial charge >= 0.3 is 0 Å². The van der Waals surface area contributed by atoms with Crippen LogP contribution in [0.25, 0.3) is 0 Å². The number of thioether (sulfide) groups is 1. The number of rotatable bonds is 4. The molecule has 2 aliphatic rings. The predicted molar refractivity (Wildman–Crippen MR) is 85.6 cm³/mol. The Bertz CT molecular complexity index is 446. The van der Waals surface area contributed by atoms with Gasteiger partial charge in [-0.1, -0.05) is 6.07 Å². The van der Waals surface area contributed by atoms with E-state index in [0.29, 0.717) is 11.8 Å². The van der Waals surface area contributed by atoms with Crippen LogP contribution in [0.15, 0.2) is 18.2 Å². The van der Waals surface area contributed by atoms with Gasteiger partial charge in [-0.3, -0.25) is 0 Å². The Kier molecular flexibility index (Phi) is 4.86. The van der Waals surface area contributed by atoms with Crippen molar-refractivity contribution in [1.82, 2.24) is 10.2 Å². The van der Waals surface area contributed by atoms with Crippen molar-refractivity contribution in [3.8, 4) is 5.75 Å². The number of hydrogen-bond acceptors (Lipinski definition) is 4. The molecule has 0 radical (unpaired) electrons. The molecule has 1 heterocycles. The van der Waals surface area contributed by atoms with Crippen molar-refractivity contribution in [3.05, 3.63) is 29.3 Å². The molecule has 1 aliphatic carbocycles. The van der Waals surface area contributed by atoms with Crippen molar-refractivity contribution in [2.75, 3.05) is 37.7 Å². The molecule has 2 N–H and O–H groups in total. The molecular weight excluding hydrogens is 268 g/mol. The SMILES string of the molecule is Oc1ccc2c(c1)C(NCCN1CCSCC1)CCC2. The lowest BCUT2D eigenvalue weighted by atomic mass is 9.87. The third-order valence-corrected chi connectivity index (χ3v) is 5.31. The molecule has 0 amide bonds. The Morgan fingerprint density at radius 3 is 3.00 bits per heavy atom. The number of nitrogens with zero attached hydrogens (tertiary/aromatic N) is 1. The highest BCUT2D eigenvalue weighted by molar-refractivity contribution is 7.99. The molecular formula is C16H24N2OS. The Balaban J connectivity index is 1.54. The monoisotopic (exact) mass is 292 g/mol. The van der Waals surface area contributed by atoms with Crippen molar-refractivity contribution in [2.24, 2.45) is 0 Å². The number of aromatic hydroxyl groups is 1. The van der Waals surface area contributed by atoms with E-state index in [1.165, 1.54) is 48.6 Å². The second-order valence-corrected chi connectivity index (χ2v) is 6.96. The summed E-state index contributed by atoms with van der Waals surface area (Å²) in [6.07, 6.45) is 3.58. The van der Waals surface area contributed by atoms with E-state index in [4.69, 9.17) is 0 Å². The first-order chi connectivity index (χ1) is 9.83. The van der Waals surface area contributed by atoms with Crippen LogP contribution in [-0.2, 0) is 6.42 Å². The summed E-state index contributed by atoms with van der Waals surface area (Å²) < 4.78 is 0. The van der Waals surface area contributed by atoms with Crippen LogP contribution in [0.4, 0.5) is 0 Å². The first kappa shape index (κ1) is 14.2. The highest BCUT2D eigenvalue weighted by atomic mass is 32.2. The first-order valence-electron chi connectivity index (χ1n) is 7.68. The van der Waals surface area contributed by atoms with E-state index in [1.54, 1.807) is 0 Å². The smallest absolute Gasteiger partial charge is 0.115 e. The van der Waals surface area contributed by atoms with Gasteiger partial charge in [0.2, 0.25) is 0 Å². The minimum Gasteiger partial charge on any atom is -0.508 e. The van der Waals surface area contributed by atoms with Gasteiger partial charge in [0.25, 0.3) is 0 Å². The van der Waals surface area contributed by atoms with Gasteiger partial charge in [-0.05, 0) is 42.5 Å². The van der Waals surface area contributed by atoms with E-state index in [2.05, 4.69) is 28.0 Å². The standard InChI is InChI=1S/C16H24N2OS/c19-14-5-4-13-2-1-3-16(15(13)12-14)17-6-7-18-8-10-20-11-9-18/h4-5,12,16-17,19H,1-3,6-11H2. The van der Waals surface area contributed by atoms with Crippen molar-refractivity contribution < 1.29 is 5.11 Å². The van der Waals surface area contributed by atoms with Crippen LogP contribution in [0, 0.1) is 0 Å². The Morgan fingerprint density at radius 2 is 2.15 bits per heavy atom. The summed E-state index contributed by atoms with van der Waals surface area (Å²) in [4.78, 5) is 2.55. The molecule has 0 aromatic heterocycles. The maximum Gasteiger partial charge on any atom is 0.115 e. The van der Waals surface area contributed by atoms with Crippen molar-refractivity contribution in [3.63, 3.8) is 0 Å². The second-order valence-electron chi connectivity index (χ2n) is 5.74. The zero-order valence-corrected chi connectivity index (χ0v) is 12.8. The third kappa shape index (κ3) is 3.48. The third-order valence-electron chi connectivity index (χ3n) is 4.37. The maximum absolute atomic E-state index is 9.70. The van der Waals surface area contributed by atoms with Crippen LogP contribution in [0.2, 0.25) is 0 Å². The molecule has 3 rings (SSSR count). The molecule has 1 aromatic rings. The second kappa shape index (κ2) is 6.83. The summed E-state index contributed by atoms with van der Waals surface area (Å²) in [7, 11) is 0. The molecule has 4 heteroatoms. The molecule has 3 nitrogen and oxygen atoms in total. The Hall–Kier alpha value is -0.710. The van der Waals surface area contributed by atoms with Crippen molar-refractivity contribution in [2.45, 2.75) is 25.3 Å². The van der Waals surface area contributed by atoms with E-state index in [-0.39, 0.29) is 0 Å². The van der Waals surface area contributed by atoms with Gasteiger partial charge in [-0.2, -0.15) is 11.8 Å². The summed E-state index contributed by atoms with van der Waals surface area (Å²) >= 11 is 2.06. The van der Waals surface area contributed by atoms with Crippen LogP contribution >= 0.6 is 11.8 Å². The van der Waals surface area contributed by atoms with Gasteiger partial charge in [0.1, 0.15) is 5.75 Å². The quantitative estimate of drug-likeness (QED) is 0.893. The fourth-order valence-electron chi connectivity index (χ4n) is 3.22. The van der Waals surface area contributed by atoms with Crippen LogP contribution in [-0.4, -0.2) is 47.7 Å². The highest BCUT2D eigenvalue weighted by Gasteiger charge is 2.20. The number of fused-ring (bicyclic) bond motifs is 1. The highest BCUT2D eigenvalue weighted by Crippen LogP contribution is 2.31. The number of aryl methyl sites for hydroxylation is 1. The lowest BCUT2D eigenvalue weighted by Crippen LogP contribution is -2.39.